The number of aromatic nitrogens is 3. The van der Waals surface area contributed by atoms with Crippen molar-refractivity contribution in [1.29, 1.82) is 0 Å². The average Bonchev–Trinajstić information content (AvgIpc) is 1.47. The van der Waals surface area contributed by atoms with Gasteiger partial charge >= 0.3 is 24.2 Å². The first-order valence-corrected chi connectivity index (χ1v) is 31.9. The van der Waals surface area contributed by atoms with Gasteiger partial charge in [0.25, 0.3) is 5.56 Å². The van der Waals surface area contributed by atoms with E-state index in [4.69, 9.17) is 33.4 Å². The van der Waals surface area contributed by atoms with Crippen molar-refractivity contribution in [3.05, 3.63) is 146 Å². The number of benzene rings is 4. The molecule has 5 amide bonds. The van der Waals surface area contributed by atoms with Crippen LogP contribution in [-0.2, 0) is 65.0 Å². The number of esters is 1. The zero-order valence-corrected chi connectivity index (χ0v) is 52.7. The highest BCUT2D eigenvalue weighted by Gasteiger charge is 2.51. The van der Waals surface area contributed by atoms with E-state index in [1.807, 2.05) is 83.8 Å². The second kappa shape index (κ2) is 29.3. The molecule has 25 heteroatoms. The number of H-pyrrole nitrogens is 1. The minimum absolute atomic E-state index is 0.0324. The van der Waals surface area contributed by atoms with E-state index in [9.17, 15) is 48.6 Å². The first-order chi connectivity index (χ1) is 45.7. The SMILES string of the molecule is CC[C@]1(OC(=O)NCCCC[C@H](NC(=O)CCCc2ccc(N(CCO)CCO)cc2)C(=O)NCCCC[C@@H](C=O)NC(=O)Oc2c(OC)cc([C@H]3c4[nH]c5ccccc5c4CC4COC(=O)N43)cc2OC)C(=O)OCc2c1cc1n(c2=O)Cc2cc3ccccc3nc2-1. The lowest BCUT2D eigenvalue weighted by Gasteiger charge is -2.36. The lowest BCUT2D eigenvalue weighted by Crippen LogP contribution is -2.49. The van der Waals surface area contributed by atoms with Gasteiger partial charge in [-0.2, -0.15) is 0 Å². The quantitative estimate of drug-likeness (QED) is 0.0109. The maximum Gasteiger partial charge on any atom is 0.413 e. The number of aldehydes is 1. The van der Waals surface area contributed by atoms with Gasteiger partial charge in [0.05, 0.1) is 68.5 Å². The Morgan fingerprint density at radius 1 is 0.830 bits per heavy atom. The van der Waals surface area contributed by atoms with Crippen LogP contribution < -0.4 is 45.9 Å². The number of fused-ring (bicyclic) bond motifs is 9. The van der Waals surface area contributed by atoms with Crippen molar-refractivity contribution in [3.8, 4) is 28.6 Å². The van der Waals surface area contributed by atoms with Crippen molar-refractivity contribution in [2.75, 3.05) is 65.1 Å². The number of ether oxygens (including phenoxy) is 6. The number of aliphatic hydroxyl groups excluding tert-OH is 2. The van der Waals surface area contributed by atoms with Crippen LogP contribution in [0.5, 0.6) is 17.2 Å². The van der Waals surface area contributed by atoms with E-state index in [1.54, 1.807) is 34.6 Å². The molecule has 1 fully saturated rings. The minimum atomic E-state index is -1.93. The molecule has 1 saturated heterocycles. The van der Waals surface area contributed by atoms with Gasteiger partial charge in [0.1, 0.15) is 31.6 Å². The summed E-state index contributed by atoms with van der Waals surface area (Å²) in [5.74, 6) is -1.40. The normalized spacial score (nSPS) is 17.3. The third-order valence-corrected chi connectivity index (χ3v) is 17.9. The van der Waals surface area contributed by atoms with Gasteiger partial charge in [-0.05, 0) is 129 Å². The molecule has 7 N–H and O–H groups in total. The van der Waals surface area contributed by atoms with E-state index < -0.39 is 53.9 Å². The third kappa shape index (κ3) is 13.7. The Balaban J connectivity index is 0.689. The van der Waals surface area contributed by atoms with Crippen LogP contribution in [-0.4, -0.2) is 150 Å². The zero-order chi connectivity index (χ0) is 66.0. The van der Waals surface area contributed by atoms with Crippen LogP contribution in [0.15, 0.2) is 102 Å². The highest BCUT2D eigenvalue weighted by molar-refractivity contribution is 5.90. The molecule has 4 aliphatic heterocycles. The number of rotatable bonds is 29. The average molecular weight is 1290 g/mol. The fraction of sp³-hybridized carbons (Fsp3) is 0.406. The number of hydrogen-bond donors (Lipinski definition) is 7. The highest BCUT2D eigenvalue weighted by Crippen LogP contribution is 2.48. The topological polar surface area (TPSA) is 321 Å². The Bertz CT molecular complexity index is 4030. The van der Waals surface area contributed by atoms with Gasteiger partial charge in [0.2, 0.25) is 23.2 Å². The van der Waals surface area contributed by atoms with Gasteiger partial charge in [0, 0.05) is 71.4 Å². The second-order valence-electron chi connectivity index (χ2n) is 23.8. The number of alkyl carbamates (subject to hydrolysis) is 1. The Labute approximate surface area is 541 Å². The zero-order valence-electron chi connectivity index (χ0n) is 52.7. The molecule has 4 aliphatic rings. The molecule has 94 heavy (non-hydrogen) atoms. The Kier molecular flexibility index (Phi) is 20.4. The number of aliphatic hydroxyl groups is 2. The van der Waals surface area contributed by atoms with E-state index in [0.717, 1.165) is 49.9 Å². The van der Waals surface area contributed by atoms with E-state index in [1.165, 1.54) is 14.2 Å². The number of anilines is 1. The number of cyclic esters (lactones) is 2. The number of amides is 5. The van der Waals surface area contributed by atoms with Crippen molar-refractivity contribution in [3.63, 3.8) is 0 Å². The van der Waals surface area contributed by atoms with Crippen molar-refractivity contribution in [2.45, 2.75) is 120 Å². The van der Waals surface area contributed by atoms with Gasteiger partial charge < -0.3 is 79.1 Å². The van der Waals surface area contributed by atoms with Crippen LogP contribution in [0.25, 0.3) is 33.2 Å². The van der Waals surface area contributed by atoms with E-state index in [2.05, 4.69) is 26.3 Å². The molecule has 0 aliphatic carbocycles. The van der Waals surface area contributed by atoms with Crippen molar-refractivity contribution >= 4 is 69.8 Å². The Morgan fingerprint density at radius 2 is 1.55 bits per heavy atom. The molecule has 3 aromatic heterocycles. The van der Waals surface area contributed by atoms with Gasteiger partial charge in [0.15, 0.2) is 11.5 Å². The number of aromatic amines is 1. The summed E-state index contributed by atoms with van der Waals surface area (Å²) in [5.41, 5.74) is 6.05. The number of hydrogen-bond acceptors (Lipinski definition) is 18. The van der Waals surface area contributed by atoms with Crippen molar-refractivity contribution in [2.24, 2.45) is 0 Å². The van der Waals surface area contributed by atoms with Gasteiger partial charge in [-0.15, -0.1) is 0 Å². The van der Waals surface area contributed by atoms with Gasteiger partial charge in [-0.1, -0.05) is 55.5 Å². The summed E-state index contributed by atoms with van der Waals surface area (Å²) in [6, 6.07) is 27.4. The maximum absolute atomic E-state index is 14.1. The number of pyridine rings is 2. The van der Waals surface area contributed by atoms with Crippen LogP contribution in [0.1, 0.15) is 110 Å². The minimum Gasteiger partial charge on any atom is -0.493 e. The number of carbonyl (C=O) groups is 7. The molecule has 0 radical (unpaired) electrons. The van der Waals surface area contributed by atoms with E-state index >= 15 is 0 Å². The number of carbonyl (C=O) groups excluding carboxylic acids is 7. The maximum atomic E-state index is 14.1. The predicted octanol–water partition coefficient (Wildman–Crippen LogP) is 6.89. The largest absolute Gasteiger partial charge is 0.493 e. The molecule has 494 valence electrons. The fourth-order valence-electron chi connectivity index (χ4n) is 13.2. The fourth-order valence-corrected chi connectivity index (χ4v) is 13.2. The Hall–Kier alpha value is -10.0. The number of para-hydroxylation sites is 2. The van der Waals surface area contributed by atoms with Crippen molar-refractivity contribution in [1.82, 2.24) is 40.7 Å². The first-order valence-electron chi connectivity index (χ1n) is 31.9. The first kappa shape index (κ1) is 65.5. The van der Waals surface area contributed by atoms with E-state index in [0.29, 0.717) is 81.3 Å². The molecule has 25 nitrogen and oxygen atoms in total. The number of methoxy groups -OCH3 is 2. The van der Waals surface area contributed by atoms with Gasteiger partial charge in [-0.25, -0.2) is 24.2 Å². The molecule has 11 rings (SSSR count). The molecule has 5 atom stereocenters. The van der Waals surface area contributed by atoms with Crippen LogP contribution in [0, 0.1) is 0 Å². The summed E-state index contributed by atoms with van der Waals surface area (Å²) in [4.78, 5) is 120. The van der Waals surface area contributed by atoms with Crippen LogP contribution in [0.2, 0.25) is 0 Å². The molecule has 7 heterocycles. The van der Waals surface area contributed by atoms with Crippen molar-refractivity contribution < 1.29 is 72.2 Å². The number of nitrogens with zero attached hydrogens (tertiary/aromatic N) is 4. The number of nitrogens with one attached hydrogen (secondary N) is 5. The standard InChI is InChI=1S/C69H77N9O16/c1-4-69(51-36-55-59-44(32-42-15-5-7-18-52(42)74-59)37-77(55)64(84)50(51)40-91-65(69)85)94-66(86)71-27-12-10-20-54(73-58(82)21-13-14-41-22-24-46(25-23-41)76(28-30-79)29-31-80)63(83)70-26-11-9-16-45(38-81)72-67(87)93-62-56(89-2)33-43(34-57(62)90-3)61-60-49(35-47-39-92-68(88)78(47)61)48-17-6-8-19-53(48)75-60/h5-8,15,17-19,22-25,32-34,36,38,45,47,54,61,75,79-80H,4,9-14,16,20-21,26-31,35,37,39-40H2,1-3H3,(H,70,83)(H,71,86)(H,72,87)(H,73,82)/t45-,47?,54-,61-,69+/m0/s1. The monoisotopic (exact) mass is 1290 g/mol. The number of aryl methyl sites for hydroxylation is 1. The van der Waals surface area contributed by atoms with Crippen LogP contribution in [0.3, 0.4) is 0 Å². The summed E-state index contributed by atoms with van der Waals surface area (Å²) in [7, 11) is 2.81. The van der Waals surface area contributed by atoms with Gasteiger partial charge in [-0.3, -0.25) is 19.3 Å². The summed E-state index contributed by atoms with van der Waals surface area (Å²) in [6.45, 7) is 2.70. The summed E-state index contributed by atoms with van der Waals surface area (Å²) in [6.07, 6.45) is 1.78. The lowest BCUT2D eigenvalue weighted by atomic mass is 9.85. The van der Waals surface area contributed by atoms with E-state index in [-0.39, 0.29) is 118 Å². The molecule has 4 aromatic carbocycles. The molecular formula is C69H77N9O16. The molecule has 0 spiro atoms. The van der Waals surface area contributed by atoms with Crippen LogP contribution in [0.4, 0.5) is 20.1 Å². The summed E-state index contributed by atoms with van der Waals surface area (Å²) < 4.78 is 35.8. The molecule has 1 unspecified atom stereocenters. The molecule has 7 aromatic rings. The lowest BCUT2D eigenvalue weighted by molar-refractivity contribution is -0.172. The smallest absolute Gasteiger partial charge is 0.413 e. The molecular weight excluding hydrogens is 1210 g/mol. The summed E-state index contributed by atoms with van der Waals surface area (Å²) >= 11 is 0. The second-order valence-corrected chi connectivity index (χ2v) is 23.8. The third-order valence-electron chi connectivity index (χ3n) is 17.9. The molecule has 0 saturated carbocycles. The molecule has 0 bridgehead atoms. The highest BCUT2D eigenvalue weighted by atomic mass is 16.6. The predicted molar refractivity (Wildman–Crippen MR) is 345 cm³/mol. The number of unbranched alkanes of at least 4 members (excludes halogenated alkanes) is 2. The summed E-state index contributed by atoms with van der Waals surface area (Å²) in [5, 5.41) is 32.0. The van der Waals surface area contributed by atoms with Crippen LogP contribution >= 0.6 is 0 Å². The Morgan fingerprint density at radius 3 is 2.29 bits per heavy atom.